The van der Waals surface area contributed by atoms with E-state index in [4.69, 9.17) is 0 Å². The first-order valence-electron chi connectivity index (χ1n) is 9.25. The summed E-state index contributed by atoms with van der Waals surface area (Å²) in [5.74, 6) is -0.722. The molecule has 0 bridgehead atoms. The number of aliphatic carboxylic acids is 1. The molecule has 1 atom stereocenters. The third-order valence-corrected chi connectivity index (χ3v) is 6.07. The molecule has 2 N–H and O–H groups in total. The van der Waals surface area contributed by atoms with E-state index in [2.05, 4.69) is 5.32 Å². The van der Waals surface area contributed by atoms with Crippen molar-refractivity contribution in [3.8, 4) is 0 Å². The fraction of sp³-hybridized carbons (Fsp3) is 0.579. The van der Waals surface area contributed by atoms with E-state index in [1.54, 1.807) is 0 Å². The van der Waals surface area contributed by atoms with Gasteiger partial charge >= 0.3 is 12.0 Å². The molecule has 2 heterocycles. The molecule has 3 aliphatic rings. The standard InChI is InChI=1S/C19H25N3O3/c23-17(24)19(8-2-1-3-9-19)14-4-6-15(7-5-14)22-13-16-12-20-10-11-21(16)18(22)25/h4-7,16,20H,1-3,8-13H2,(H,23,24). The second kappa shape index (κ2) is 6.33. The van der Waals surface area contributed by atoms with Gasteiger partial charge in [0.15, 0.2) is 0 Å². The van der Waals surface area contributed by atoms with Crippen LogP contribution in [0, 0.1) is 0 Å². The Balaban J connectivity index is 1.58. The number of amides is 2. The molecule has 2 saturated heterocycles. The monoisotopic (exact) mass is 343 g/mol. The third-order valence-electron chi connectivity index (χ3n) is 6.07. The molecule has 6 heteroatoms. The minimum absolute atomic E-state index is 0.0601. The summed E-state index contributed by atoms with van der Waals surface area (Å²) in [4.78, 5) is 28.3. The Bertz CT molecular complexity index is 667. The first-order chi connectivity index (χ1) is 12.1. The zero-order valence-electron chi connectivity index (χ0n) is 14.4. The number of carbonyl (C=O) groups excluding carboxylic acids is 1. The number of hydrogen-bond donors (Lipinski definition) is 2. The first kappa shape index (κ1) is 16.4. The molecule has 1 aliphatic carbocycles. The van der Waals surface area contributed by atoms with Gasteiger partial charge in [0.05, 0.1) is 11.5 Å². The second-order valence-electron chi connectivity index (χ2n) is 7.44. The van der Waals surface area contributed by atoms with Crippen LogP contribution in [0.25, 0.3) is 0 Å². The fourth-order valence-electron chi connectivity index (χ4n) is 4.58. The van der Waals surface area contributed by atoms with Crippen LogP contribution >= 0.6 is 0 Å². The molecule has 0 radical (unpaired) electrons. The average Bonchev–Trinajstić information content (AvgIpc) is 2.99. The van der Waals surface area contributed by atoms with E-state index in [-0.39, 0.29) is 12.1 Å². The lowest BCUT2D eigenvalue weighted by Gasteiger charge is -2.34. The predicted molar refractivity (Wildman–Crippen MR) is 94.9 cm³/mol. The van der Waals surface area contributed by atoms with Crippen LogP contribution in [0.15, 0.2) is 24.3 Å². The highest BCUT2D eigenvalue weighted by Gasteiger charge is 2.42. The molecule has 1 aromatic rings. The highest BCUT2D eigenvalue weighted by molar-refractivity contribution is 5.95. The topological polar surface area (TPSA) is 72.9 Å². The zero-order chi connectivity index (χ0) is 17.4. The van der Waals surface area contributed by atoms with Crippen LogP contribution in [0.2, 0.25) is 0 Å². The lowest BCUT2D eigenvalue weighted by molar-refractivity contribution is -0.145. The van der Waals surface area contributed by atoms with Gasteiger partial charge in [0.2, 0.25) is 0 Å². The second-order valence-corrected chi connectivity index (χ2v) is 7.44. The maximum Gasteiger partial charge on any atom is 0.324 e. The molecule has 2 amide bonds. The van der Waals surface area contributed by atoms with Crippen molar-refractivity contribution in [2.75, 3.05) is 31.1 Å². The van der Waals surface area contributed by atoms with Crippen molar-refractivity contribution in [1.82, 2.24) is 10.2 Å². The Hall–Kier alpha value is -2.08. The SMILES string of the molecule is O=C1N(c2ccc(C3(C(=O)O)CCCCC3)cc2)CC2CNCCN12. The Morgan fingerprint density at radius 2 is 1.88 bits per heavy atom. The predicted octanol–water partition coefficient (Wildman–Crippen LogP) is 2.19. The average molecular weight is 343 g/mol. The van der Waals surface area contributed by atoms with Crippen LogP contribution in [0.5, 0.6) is 0 Å². The summed E-state index contributed by atoms with van der Waals surface area (Å²) in [5, 5.41) is 13.2. The van der Waals surface area contributed by atoms with Gasteiger partial charge in [-0.15, -0.1) is 0 Å². The molecular weight excluding hydrogens is 318 g/mol. The van der Waals surface area contributed by atoms with E-state index in [0.717, 1.165) is 50.1 Å². The highest BCUT2D eigenvalue weighted by Crippen LogP contribution is 2.40. The Morgan fingerprint density at radius 1 is 1.16 bits per heavy atom. The number of benzene rings is 1. The molecular formula is C19H25N3O3. The van der Waals surface area contributed by atoms with E-state index >= 15 is 0 Å². The summed E-state index contributed by atoms with van der Waals surface area (Å²) in [5.41, 5.74) is 0.974. The van der Waals surface area contributed by atoms with Gasteiger partial charge in [0.1, 0.15) is 0 Å². The molecule has 0 spiro atoms. The van der Waals surface area contributed by atoms with Crippen LogP contribution in [0.3, 0.4) is 0 Å². The van der Waals surface area contributed by atoms with Crippen LogP contribution < -0.4 is 10.2 Å². The molecule has 1 unspecified atom stereocenters. The smallest absolute Gasteiger partial charge is 0.324 e. The van der Waals surface area contributed by atoms with E-state index in [0.29, 0.717) is 19.4 Å². The number of urea groups is 1. The number of nitrogens with zero attached hydrogens (tertiary/aromatic N) is 2. The number of carbonyl (C=O) groups is 2. The summed E-state index contributed by atoms with van der Waals surface area (Å²) in [6.45, 7) is 3.12. The Kier molecular flexibility index (Phi) is 4.15. The summed E-state index contributed by atoms with van der Waals surface area (Å²) >= 11 is 0. The molecule has 1 saturated carbocycles. The van der Waals surface area contributed by atoms with Crippen molar-refractivity contribution in [3.63, 3.8) is 0 Å². The molecule has 2 aliphatic heterocycles. The van der Waals surface area contributed by atoms with Gasteiger partial charge < -0.3 is 15.3 Å². The lowest BCUT2D eigenvalue weighted by atomic mass is 9.69. The number of anilines is 1. The normalized spacial score (nSPS) is 25.8. The van der Waals surface area contributed by atoms with Crippen LogP contribution in [-0.2, 0) is 10.2 Å². The molecule has 3 fully saturated rings. The molecule has 4 rings (SSSR count). The van der Waals surface area contributed by atoms with Crippen molar-refractivity contribution in [2.24, 2.45) is 0 Å². The molecule has 6 nitrogen and oxygen atoms in total. The summed E-state index contributed by atoms with van der Waals surface area (Å²) < 4.78 is 0. The van der Waals surface area contributed by atoms with Gasteiger partial charge in [-0.3, -0.25) is 9.69 Å². The summed E-state index contributed by atoms with van der Waals surface area (Å²) in [7, 11) is 0. The number of fused-ring (bicyclic) bond motifs is 1. The summed E-state index contributed by atoms with van der Waals surface area (Å²) in [6.07, 6.45) is 4.43. The van der Waals surface area contributed by atoms with Crippen molar-refractivity contribution in [1.29, 1.82) is 0 Å². The highest BCUT2D eigenvalue weighted by atomic mass is 16.4. The number of carboxylic acid groups (broad SMARTS) is 1. The van der Waals surface area contributed by atoms with E-state index in [1.165, 1.54) is 0 Å². The van der Waals surface area contributed by atoms with Gasteiger partial charge in [-0.25, -0.2) is 4.79 Å². The first-order valence-corrected chi connectivity index (χ1v) is 9.25. The lowest BCUT2D eigenvalue weighted by Crippen LogP contribution is -2.49. The quantitative estimate of drug-likeness (QED) is 0.882. The number of nitrogens with one attached hydrogen (secondary N) is 1. The maximum absolute atomic E-state index is 12.6. The minimum Gasteiger partial charge on any atom is -0.481 e. The van der Waals surface area contributed by atoms with E-state index in [1.807, 2.05) is 34.1 Å². The van der Waals surface area contributed by atoms with Crippen LogP contribution in [-0.4, -0.2) is 54.2 Å². The molecule has 1 aromatic carbocycles. The summed E-state index contributed by atoms with van der Waals surface area (Å²) in [6, 6.07) is 7.95. The van der Waals surface area contributed by atoms with Crippen molar-refractivity contribution in [2.45, 2.75) is 43.6 Å². The minimum atomic E-state index is -0.757. The fourth-order valence-corrected chi connectivity index (χ4v) is 4.58. The Morgan fingerprint density at radius 3 is 2.52 bits per heavy atom. The Labute approximate surface area is 147 Å². The number of hydrogen-bond acceptors (Lipinski definition) is 3. The van der Waals surface area contributed by atoms with E-state index < -0.39 is 11.4 Å². The van der Waals surface area contributed by atoms with Gasteiger partial charge in [-0.2, -0.15) is 0 Å². The zero-order valence-corrected chi connectivity index (χ0v) is 14.4. The van der Waals surface area contributed by atoms with Gasteiger partial charge in [0, 0.05) is 31.9 Å². The van der Waals surface area contributed by atoms with Crippen LogP contribution in [0.1, 0.15) is 37.7 Å². The van der Waals surface area contributed by atoms with E-state index in [9.17, 15) is 14.7 Å². The molecule has 0 aromatic heterocycles. The van der Waals surface area contributed by atoms with Gasteiger partial charge in [0.25, 0.3) is 0 Å². The molecule has 134 valence electrons. The maximum atomic E-state index is 12.6. The third kappa shape index (κ3) is 2.68. The largest absolute Gasteiger partial charge is 0.481 e. The number of carboxylic acids is 1. The van der Waals surface area contributed by atoms with Gasteiger partial charge in [-0.05, 0) is 30.5 Å². The van der Waals surface area contributed by atoms with Crippen molar-refractivity contribution < 1.29 is 14.7 Å². The van der Waals surface area contributed by atoms with Crippen molar-refractivity contribution in [3.05, 3.63) is 29.8 Å². The van der Waals surface area contributed by atoms with Crippen LogP contribution in [0.4, 0.5) is 10.5 Å². The number of piperazine rings is 1. The molecule has 25 heavy (non-hydrogen) atoms. The number of rotatable bonds is 3. The van der Waals surface area contributed by atoms with Crippen molar-refractivity contribution >= 4 is 17.7 Å². The van der Waals surface area contributed by atoms with Gasteiger partial charge in [-0.1, -0.05) is 31.4 Å².